The zero-order valence-corrected chi connectivity index (χ0v) is 8.56. The number of hydrogen-bond acceptors (Lipinski definition) is 3. The number of rotatable bonds is 4. The Morgan fingerprint density at radius 2 is 2.43 bits per heavy atom. The van der Waals surface area contributed by atoms with Crippen LogP contribution < -0.4 is 0 Å². The van der Waals surface area contributed by atoms with Gasteiger partial charge in [-0.1, -0.05) is 13.0 Å². The van der Waals surface area contributed by atoms with Gasteiger partial charge in [-0.15, -0.1) is 0 Å². The number of nitrogens with zero attached hydrogens (tertiary/aromatic N) is 1. The molecule has 0 aliphatic carbocycles. The fourth-order valence-corrected chi connectivity index (χ4v) is 1.36. The van der Waals surface area contributed by atoms with Crippen LogP contribution in [0.4, 0.5) is 0 Å². The molecule has 0 aromatic carbocycles. The molecule has 1 aromatic heterocycles. The van der Waals surface area contributed by atoms with E-state index in [0.29, 0.717) is 6.42 Å². The van der Waals surface area contributed by atoms with Crippen LogP contribution in [0.5, 0.6) is 0 Å². The smallest absolute Gasteiger partial charge is 0.308 e. The Bertz CT molecular complexity index is 285. The molecule has 0 bridgehead atoms. The second kappa shape index (κ2) is 5.37. The highest BCUT2D eigenvalue weighted by atomic mass is 16.5. The quantitative estimate of drug-likeness (QED) is 0.685. The summed E-state index contributed by atoms with van der Waals surface area (Å²) in [6.45, 7) is 1.98. The minimum Gasteiger partial charge on any atom is -0.469 e. The summed E-state index contributed by atoms with van der Waals surface area (Å²) in [6, 6.07) is 3.85. The maximum Gasteiger partial charge on any atom is 0.308 e. The third kappa shape index (κ3) is 2.83. The molecule has 0 saturated heterocycles. The minimum absolute atomic E-state index is 0.0517. The Labute approximate surface area is 84.1 Å². The molecule has 1 aromatic rings. The number of hydrogen-bond donors (Lipinski definition) is 0. The molecule has 0 aliphatic heterocycles. The highest BCUT2D eigenvalue weighted by Crippen LogP contribution is 2.12. The van der Waals surface area contributed by atoms with Gasteiger partial charge in [-0.05, 0) is 24.5 Å². The van der Waals surface area contributed by atoms with Gasteiger partial charge in [-0.25, -0.2) is 0 Å². The molecular weight excluding hydrogens is 178 g/mol. The van der Waals surface area contributed by atoms with Crippen LogP contribution in [0.1, 0.15) is 18.9 Å². The Morgan fingerprint density at radius 3 is 2.93 bits per heavy atom. The molecule has 76 valence electrons. The number of ether oxygens (including phenoxy) is 1. The van der Waals surface area contributed by atoms with Crippen LogP contribution in [0.2, 0.25) is 0 Å². The molecule has 1 rings (SSSR count). The predicted molar refractivity (Wildman–Crippen MR) is 53.7 cm³/mol. The molecule has 0 aliphatic rings. The lowest BCUT2D eigenvalue weighted by Gasteiger charge is -2.11. The van der Waals surface area contributed by atoms with Crippen LogP contribution >= 0.6 is 0 Å². The number of pyridine rings is 1. The third-order valence-corrected chi connectivity index (χ3v) is 2.23. The van der Waals surface area contributed by atoms with Crippen LogP contribution in [0.15, 0.2) is 24.5 Å². The van der Waals surface area contributed by atoms with E-state index in [4.69, 9.17) is 4.74 Å². The summed E-state index contributed by atoms with van der Waals surface area (Å²) in [5.41, 5.74) is 1.07. The second-order valence-electron chi connectivity index (χ2n) is 3.19. The highest BCUT2D eigenvalue weighted by molar-refractivity contribution is 5.72. The molecule has 1 heterocycles. The molecule has 1 atom stereocenters. The van der Waals surface area contributed by atoms with Gasteiger partial charge in [0.15, 0.2) is 0 Å². The summed E-state index contributed by atoms with van der Waals surface area (Å²) < 4.78 is 4.72. The molecule has 0 fully saturated rings. The van der Waals surface area contributed by atoms with Crippen molar-refractivity contribution in [3.05, 3.63) is 30.1 Å². The molecule has 0 amide bonds. The Morgan fingerprint density at radius 1 is 1.64 bits per heavy atom. The van der Waals surface area contributed by atoms with Crippen LogP contribution in [-0.4, -0.2) is 18.1 Å². The average Bonchev–Trinajstić information content (AvgIpc) is 2.26. The standard InChI is InChI=1S/C11H15NO2/c1-3-10(11(13)14-2)7-9-5-4-6-12-8-9/h4-6,8,10H,3,7H2,1-2H3. The zero-order valence-electron chi connectivity index (χ0n) is 8.56. The SMILES string of the molecule is CCC(Cc1cccnc1)C(=O)OC. The van der Waals surface area contributed by atoms with E-state index in [2.05, 4.69) is 4.98 Å². The third-order valence-electron chi connectivity index (χ3n) is 2.23. The zero-order chi connectivity index (χ0) is 10.4. The lowest BCUT2D eigenvalue weighted by Crippen LogP contribution is -2.17. The monoisotopic (exact) mass is 193 g/mol. The fraction of sp³-hybridized carbons (Fsp3) is 0.455. The van der Waals surface area contributed by atoms with Gasteiger partial charge in [0.25, 0.3) is 0 Å². The molecule has 0 radical (unpaired) electrons. The van der Waals surface area contributed by atoms with E-state index in [0.717, 1.165) is 12.0 Å². The molecule has 1 unspecified atom stereocenters. The normalized spacial score (nSPS) is 12.1. The maximum absolute atomic E-state index is 11.3. The van der Waals surface area contributed by atoms with Crippen molar-refractivity contribution in [1.82, 2.24) is 4.98 Å². The van der Waals surface area contributed by atoms with E-state index in [1.807, 2.05) is 19.1 Å². The van der Waals surface area contributed by atoms with Crippen LogP contribution in [0, 0.1) is 5.92 Å². The van der Waals surface area contributed by atoms with Crippen molar-refractivity contribution in [2.45, 2.75) is 19.8 Å². The predicted octanol–water partition coefficient (Wildman–Crippen LogP) is 1.82. The minimum atomic E-state index is -0.142. The summed E-state index contributed by atoms with van der Waals surface area (Å²) >= 11 is 0. The van der Waals surface area contributed by atoms with Gasteiger partial charge in [0.1, 0.15) is 0 Å². The van der Waals surface area contributed by atoms with E-state index < -0.39 is 0 Å². The van der Waals surface area contributed by atoms with Crippen molar-refractivity contribution in [3.8, 4) is 0 Å². The topological polar surface area (TPSA) is 39.2 Å². The molecular formula is C11H15NO2. The summed E-state index contributed by atoms with van der Waals surface area (Å²) in [5, 5.41) is 0. The van der Waals surface area contributed by atoms with Crippen molar-refractivity contribution in [2.24, 2.45) is 5.92 Å². The van der Waals surface area contributed by atoms with Gasteiger partial charge >= 0.3 is 5.97 Å². The maximum atomic E-state index is 11.3. The van der Waals surface area contributed by atoms with Gasteiger partial charge in [-0.3, -0.25) is 9.78 Å². The van der Waals surface area contributed by atoms with Gasteiger partial charge in [0.05, 0.1) is 13.0 Å². The number of carbonyl (C=O) groups is 1. The average molecular weight is 193 g/mol. The number of aromatic nitrogens is 1. The first-order valence-electron chi connectivity index (χ1n) is 4.74. The first kappa shape index (κ1) is 10.7. The van der Waals surface area contributed by atoms with Crippen molar-refractivity contribution in [3.63, 3.8) is 0 Å². The van der Waals surface area contributed by atoms with Gasteiger partial charge in [0.2, 0.25) is 0 Å². The highest BCUT2D eigenvalue weighted by Gasteiger charge is 2.16. The largest absolute Gasteiger partial charge is 0.469 e. The molecule has 3 nitrogen and oxygen atoms in total. The Hall–Kier alpha value is -1.38. The van der Waals surface area contributed by atoms with Crippen molar-refractivity contribution in [2.75, 3.05) is 7.11 Å². The summed E-state index contributed by atoms with van der Waals surface area (Å²) in [4.78, 5) is 15.3. The van der Waals surface area contributed by atoms with Crippen LogP contribution in [0.25, 0.3) is 0 Å². The summed E-state index contributed by atoms with van der Waals surface area (Å²) in [5.74, 6) is -0.194. The Balaban J connectivity index is 2.62. The fourth-order valence-electron chi connectivity index (χ4n) is 1.36. The van der Waals surface area contributed by atoms with Crippen LogP contribution in [0.3, 0.4) is 0 Å². The van der Waals surface area contributed by atoms with Gasteiger partial charge in [0, 0.05) is 12.4 Å². The Kier molecular flexibility index (Phi) is 4.11. The lowest BCUT2D eigenvalue weighted by atomic mass is 9.98. The number of methoxy groups -OCH3 is 1. The molecule has 3 heteroatoms. The lowest BCUT2D eigenvalue weighted by molar-refractivity contribution is -0.145. The van der Waals surface area contributed by atoms with Crippen molar-refractivity contribution < 1.29 is 9.53 Å². The second-order valence-corrected chi connectivity index (χ2v) is 3.19. The van der Waals surface area contributed by atoms with E-state index in [1.165, 1.54) is 7.11 Å². The van der Waals surface area contributed by atoms with Gasteiger partial charge < -0.3 is 4.74 Å². The molecule has 0 spiro atoms. The van der Waals surface area contributed by atoms with E-state index in [-0.39, 0.29) is 11.9 Å². The van der Waals surface area contributed by atoms with E-state index >= 15 is 0 Å². The first-order valence-corrected chi connectivity index (χ1v) is 4.74. The summed E-state index contributed by atoms with van der Waals surface area (Å²) in [7, 11) is 1.42. The molecule has 14 heavy (non-hydrogen) atoms. The van der Waals surface area contributed by atoms with Gasteiger partial charge in [-0.2, -0.15) is 0 Å². The first-order chi connectivity index (χ1) is 6.77. The number of carbonyl (C=O) groups excluding carboxylic acids is 1. The van der Waals surface area contributed by atoms with Crippen LogP contribution in [-0.2, 0) is 16.0 Å². The van der Waals surface area contributed by atoms with Crippen molar-refractivity contribution >= 4 is 5.97 Å². The van der Waals surface area contributed by atoms with E-state index in [1.54, 1.807) is 12.4 Å². The summed E-state index contributed by atoms with van der Waals surface area (Å²) in [6.07, 6.45) is 5.01. The van der Waals surface area contributed by atoms with Crippen molar-refractivity contribution in [1.29, 1.82) is 0 Å². The molecule has 0 N–H and O–H groups in total. The van der Waals surface area contributed by atoms with E-state index in [9.17, 15) is 4.79 Å². The molecule has 0 saturated carbocycles. The number of esters is 1.